The van der Waals surface area contributed by atoms with Crippen LogP contribution in [0.25, 0.3) is 32.8 Å². The summed E-state index contributed by atoms with van der Waals surface area (Å²) < 4.78 is 25.1. The van der Waals surface area contributed by atoms with E-state index in [1.165, 1.54) is 22.4 Å². The minimum atomic E-state index is -0.873. The minimum Gasteiger partial charge on any atom is -0.495 e. The van der Waals surface area contributed by atoms with Gasteiger partial charge in [0, 0.05) is 59.4 Å². The van der Waals surface area contributed by atoms with Crippen molar-refractivity contribution in [3.05, 3.63) is 130 Å². The van der Waals surface area contributed by atoms with Crippen LogP contribution in [0.4, 0.5) is 17.1 Å². The molecule has 2 saturated heterocycles. The maximum Gasteiger partial charge on any atom is 0.187 e. The van der Waals surface area contributed by atoms with Crippen LogP contribution in [0.5, 0.6) is 11.5 Å². The van der Waals surface area contributed by atoms with Gasteiger partial charge in [-0.25, -0.2) is 4.85 Å². The van der Waals surface area contributed by atoms with Crippen molar-refractivity contribution in [3.8, 4) is 22.6 Å². The Labute approximate surface area is 299 Å². The zero-order valence-electron chi connectivity index (χ0n) is 29.4. The number of hydrogen-bond donors (Lipinski definition) is 0. The molecule has 3 aliphatic heterocycles. The molecule has 0 spiro atoms. The van der Waals surface area contributed by atoms with Gasteiger partial charge in [0.25, 0.3) is 0 Å². The van der Waals surface area contributed by atoms with Gasteiger partial charge in [0.2, 0.25) is 0 Å². The Hall–Kier alpha value is -5.29. The molecule has 0 amide bonds. The number of fused-ring (bicyclic) bond motifs is 8. The molecule has 0 bridgehead atoms. The van der Waals surface area contributed by atoms with Crippen LogP contribution in [0.1, 0.15) is 41.7 Å². The third kappa shape index (κ3) is 4.92. The van der Waals surface area contributed by atoms with E-state index in [9.17, 15) is 0 Å². The molecular weight excluding hydrogens is 635 g/mol. The highest BCUT2D eigenvalue weighted by molar-refractivity contribution is 6.10. The van der Waals surface area contributed by atoms with Crippen LogP contribution in [-0.4, -0.2) is 59.7 Å². The molecule has 5 aromatic rings. The van der Waals surface area contributed by atoms with Gasteiger partial charge in [-0.15, -0.1) is 0 Å². The van der Waals surface area contributed by atoms with Crippen molar-refractivity contribution in [2.75, 3.05) is 69.5 Å². The number of morpholine rings is 2. The van der Waals surface area contributed by atoms with Crippen LogP contribution in [0.3, 0.4) is 0 Å². The molecular formula is C44H41N3O4. The molecule has 0 saturated carbocycles. The van der Waals surface area contributed by atoms with E-state index in [4.69, 9.17) is 25.5 Å². The highest BCUT2D eigenvalue weighted by Crippen LogP contribution is 2.59. The zero-order chi connectivity index (χ0) is 34.7. The Kier molecular flexibility index (Phi) is 7.57. The summed E-state index contributed by atoms with van der Waals surface area (Å²) in [5.41, 5.74) is 9.59. The summed E-state index contributed by atoms with van der Waals surface area (Å²) in [6, 6.07) is 30.0. The molecule has 5 aromatic carbocycles. The van der Waals surface area contributed by atoms with Crippen molar-refractivity contribution in [1.29, 1.82) is 0 Å². The summed E-state index contributed by atoms with van der Waals surface area (Å²) in [6.07, 6.45) is 4.52. The van der Waals surface area contributed by atoms with E-state index < -0.39 is 5.60 Å². The summed E-state index contributed by atoms with van der Waals surface area (Å²) in [4.78, 5) is 8.55. The fourth-order valence-electron chi connectivity index (χ4n) is 8.68. The van der Waals surface area contributed by atoms with E-state index in [0.29, 0.717) is 18.9 Å². The number of nitrogens with zero attached hydrogens (tertiary/aromatic N) is 3. The van der Waals surface area contributed by atoms with Gasteiger partial charge < -0.3 is 28.7 Å². The maximum atomic E-state index is 7.80. The Morgan fingerprint density at radius 2 is 1.45 bits per heavy atom. The standard InChI is InChI=1S/C44H41N3O4/c1-43(2)37-26-31(45-3)12-15-33(37)40-35-27-38(47-20-24-50-25-21-47)39(48-4)28-36(35)42-34(41(40)43)16-17-44(51-42,29-8-6-5-7-9-29)30-10-13-32(14-11-30)46-18-22-49-23-19-46/h5-17,26-28H,18-25H2,1-2,4H3. The number of rotatable bonds is 5. The predicted octanol–water partition coefficient (Wildman–Crippen LogP) is 8.73. The van der Waals surface area contributed by atoms with Gasteiger partial charge in [0.15, 0.2) is 11.3 Å². The molecule has 1 aliphatic carbocycles. The van der Waals surface area contributed by atoms with Crippen molar-refractivity contribution in [2.45, 2.75) is 24.9 Å². The average molecular weight is 676 g/mol. The molecule has 51 heavy (non-hydrogen) atoms. The van der Waals surface area contributed by atoms with Crippen LogP contribution in [0.15, 0.2) is 91.0 Å². The highest BCUT2D eigenvalue weighted by atomic mass is 16.5. The number of ether oxygens (including phenoxy) is 4. The monoisotopic (exact) mass is 675 g/mol. The lowest BCUT2D eigenvalue weighted by Crippen LogP contribution is -2.37. The summed E-state index contributed by atoms with van der Waals surface area (Å²) in [5.74, 6) is 1.65. The van der Waals surface area contributed by atoms with E-state index in [1.807, 2.05) is 6.07 Å². The Bertz CT molecular complexity index is 2230. The molecule has 0 N–H and O–H groups in total. The third-order valence-electron chi connectivity index (χ3n) is 11.3. The van der Waals surface area contributed by atoms with E-state index >= 15 is 0 Å². The molecule has 7 nitrogen and oxygen atoms in total. The van der Waals surface area contributed by atoms with Gasteiger partial charge in [-0.05, 0) is 58.0 Å². The molecule has 0 aromatic heterocycles. The van der Waals surface area contributed by atoms with Crippen LogP contribution >= 0.6 is 0 Å². The summed E-state index contributed by atoms with van der Waals surface area (Å²) in [7, 11) is 1.75. The SMILES string of the molecule is [C-]#[N+]c1ccc2c(c1)C(C)(C)c1c3c(c4cc(OC)c(N5CCOCC5)cc4c1-2)OC(c1ccccc1)(c1ccc(N2CCOCC2)cc1)C=C3. The molecule has 7 heteroatoms. The van der Waals surface area contributed by atoms with Gasteiger partial charge in [0.05, 0.1) is 45.8 Å². The van der Waals surface area contributed by atoms with Gasteiger partial charge in [0.1, 0.15) is 11.5 Å². The first-order chi connectivity index (χ1) is 24.9. The van der Waals surface area contributed by atoms with Crippen LogP contribution in [-0.2, 0) is 20.5 Å². The fraction of sp³-hybridized carbons (Fsp3) is 0.295. The quantitative estimate of drug-likeness (QED) is 0.174. The zero-order valence-corrected chi connectivity index (χ0v) is 29.4. The Balaban J connectivity index is 1.30. The second-order valence-corrected chi connectivity index (χ2v) is 14.3. The van der Waals surface area contributed by atoms with Gasteiger partial charge >= 0.3 is 0 Å². The van der Waals surface area contributed by atoms with Crippen molar-refractivity contribution < 1.29 is 18.9 Å². The Morgan fingerprint density at radius 1 is 0.765 bits per heavy atom. The number of methoxy groups -OCH3 is 1. The Morgan fingerprint density at radius 3 is 2.14 bits per heavy atom. The second-order valence-electron chi connectivity index (χ2n) is 14.3. The first kappa shape index (κ1) is 31.7. The van der Waals surface area contributed by atoms with Crippen LogP contribution in [0.2, 0.25) is 0 Å². The van der Waals surface area contributed by atoms with Crippen molar-refractivity contribution in [3.63, 3.8) is 0 Å². The maximum absolute atomic E-state index is 7.80. The lowest BCUT2D eigenvalue weighted by Gasteiger charge is -2.39. The summed E-state index contributed by atoms with van der Waals surface area (Å²) in [6.45, 7) is 18.5. The molecule has 4 aliphatic rings. The molecule has 1 atom stereocenters. The fourth-order valence-corrected chi connectivity index (χ4v) is 8.68. The second kappa shape index (κ2) is 12.2. The highest BCUT2D eigenvalue weighted by Gasteiger charge is 2.44. The smallest absolute Gasteiger partial charge is 0.187 e. The normalized spacial score (nSPS) is 20.3. The van der Waals surface area contributed by atoms with E-state index in [1.54, 1.807) is 7.11 Å². The molecule has 1 unspecified atom stereocenters. The first-order valence-corrected chi connectivity index (χ1v) is 17.9. The molecule has 0 radical (unpaired) electrons. The van der Waals surface area contributed by atoms with Crippen LogP contribution in [0, 0.1) is 6.57 Å². The van der Waals surface area contributed by atoms with E-state index in [2.05, 4.69) is 120 Å². The number of hydrogen-bond acceptors (Lipinski definition) is 6. The lowest BCUT2D eigenvalue weighted by molar-refractivity contribution is 0.122. The average Bonchev–Trinajstić information content (AvgIpc) is 3.44. The van der Waals surface area contributed by atoms with Crippen molar-refractivity contribution in [1.82, 2.24) is 0 Å². The van der Waals surface area contributed by atoms with E-state index in [0.717, 1.165) is 89.6 Å². The molecule has 9 rings (SSSR count). The number of anilines is 2. The van der Waals surface area contributed by atoms with Gasteiger partial charge in [-0.3, -0.25) is 0 Å². The van der Waals surface area contributed by atoms with Crippen molar-refractivity contribution >= 4 is 33.9 Å². The number of benzene rings is 5. The van der Waals surface area contributed by atoms with Crippen LogP contribution < -0.4 is 19.3 Å². The lowest BCUT2D eigenvalue weighted by atomic mass is 9.76. The minimum absolute atomic E-state index is 0.372. The topological polar surface area (TPSA) is 47.8 Å². The largest absolute Gasteiger partial charge is 0.495 e. The van der Waals surface area contributed by atoms with Crippen molar-refractivity contribution in [2.24, 2.45) is 0 Å². The molecule has 256 valence electrons. The molecule has 3 heterocycles. The third-order valence-corrected chi connectivity index (χ3v) is 11.3. The van der Waals surface area contributed by atoms with Gasteiger partial charge in [-0.1, -0.05) is 80.6 Å². The molecule has 2 fully saturated rings. The van der Waals surface area contributed by atoms with Gasteiger partial charge in [-0.2, -0.15) is 0 Å². The first-order valence-electron chi connectivity index (χ1n) is 17.9. The predicted molar refractivity (Wildman–Crippen MR) is 204 cm³/mol. The summed E-state index contributed by atoms with van der Waals surface area (Å²) in [5, 5.41) is 2.12. The summed E-state index contributed by atoms with van der Waals surface area (Å²) >= 11 is 0. The van der Waals surface area contributed by atoms with E-state index in [-0.39, 0.29) is 5.41 Å².